The molecule has 1 heterocycles. The predicted molar refractivity (Wildman–Crippen MR) is 82.7 cm³/mol. The summed E-state index contributed by atoms with van der Waals surface area (Å²) < 4.78 is 5.76. The number of nitrogens with one attached hydrogen (secondary N) is 1. The third-order valence-electron chi connectivity index (χ3n) is 3.78. The van der Waals surface area contributed by atoms with E-state index in [1.54, 1.807) is 0 Å². The van der Waals surface area contributed by atoms with Crippen LogP contribution in [0.3, 0.4) is 0 Å². The fourth-order valence-electron chi connectivity index (χ4n) is 2.36. The Balaban J connectivity index is 1.59. The number of hydrogen-bond acceptors (Lipinski definition) is 4. The van der Waals surface area contributed by atoms with E-state index in [2.05, 4.69) is 22.5 Å². The van der Waals surface area contributed by atoms with Crippen LogP contribution < -0.4 is 16.0 Å². The summed E-state index contributed by atoms with van der Waals surface area (Å²) in [4.78, 5) is 4.03. The van der Waals surface area contributed by atoms with Crippen LogP contribution >= 0.6 is 0 Å². The van der Waals surface area contributed by atoms with Crippen LogP contribution in [0.4, 0.5) is 0 Å². The molecule has 3 N–H and O–H groups in total. The van der Waals surface area contributed by atoms with Gasteiger partial charge >= 0.3 is 0 Å². The summed E-state index contributed by atoms with van der Waals surface area (Å²) in [6.45, 7) is 0. The Bertz CT molecular complexity index is 552. The van der Waals surface area contributed by atoms with E-state index >= 15 is 0 Å². The average molecular weight is 283 g/mol. The molecule has 1 aromatic heterocycles. The third kappa shape index (κ3) is 4.03. The largest absolute Gasteiger partial charge is 0.490 e. The quantitative estimate of drug-likeness (QED) is 0.606. The SMILES string of the molecule is NNC(CCc1ccncc1)c1ccc(OC2CC2)cc1. The minimum absolute atomic E-state index is 0.146. The zero-order valence-electron chi connectivity index (χ0n) is 12.0. The molecule has 4 nitrogen and oxygen atoms in total. The van der Waals surface area contributed by atoms with E-state index in [-0.39, 0.29) is 6.04 Å². The van der Waals surface area contributed by atoms with Gasteiger partial charge in [0.1, 0.15) is 5.75 Å². The van der Waals surface area contributed by atoms with Crippen LogP contribution in [-0.4, -0.2) is 11.1 Å². The standard InChI is InChI=1S/C17H21N3O/c18-20-17(8-1-13-9-11-19-12-10-13)14-2-4-15(5-3-14)21-16-6-7-16/h2-5,9-12,16-17,20H,1,6-8,18H2. The van der Waals surface area contributed by atoms with Crippen molar-refractivity contribution in [3.05, 3.63) is 59.9 Å². The number of aryl methyl sites for hydroxylation is 1. The Hall–Kier alpha value is -1.91. The van der Waals surface area contributed by atoms with E-state index in [4.69, 9.17) is 10.6 Å². The zero-order chi connectivity index (χ0) is 14.5. The van der Waals surface area contributed by atoms with Gasteiger partial charge in [0.2, 0.25) is 0 Å². The predicted octanol–water partition coefficient (Wildman–Crippen LogP) is 2.76. The van der Waals surface area contributed by atoms with Crippen molar-refractivity contribution in [1.82, 2.24) is 10.4 Å². The monoisotopic (exact) mass is 283 g/mol. The fourth-order valence-corrected chi connectivity index (χ4v) is 2.36. The van der Waals surface area contributed by atoms with Gasteiger partial charge in [-0.1, -0.05) is 12.1 Å². The zero-order valence-corrected chi connectivity index (χ0v) is 12.0. The number of pyridine rings is 1. The molecule has 1 aliphatic carbocycles. The van der Waals surface area contributed by atoms with Gasteiger partial charge in [-0.25, -0.2) is 0 Å². The lowest BCUT2D eigenvalue weighted by molar-refractivity contribution is 0.303. The van der Waals surface area contributed by atoms with E-state index < -0.39 is 0 Å². The van der Waals surface area contributed by atoms with Crippen LogP contribution in [-0.2, 0) is 6.42 Å². The van der Waals surface area contributed by atoms with Crippen molar-refractivity contribution in [3.8, 4) is 5.75 Å². The normalized spacial score (nSPS) is 15.7. The van der Waals surface area contributed by atoms with Gasteiger partial charge in [-0.05, 0) is 61.1 Å². The molecule has 1 fully saturated rings. The van der Waals surface area contributed by atoms with Gasteiger partial charge in [-0.2, -0.15) is 0 Å². The molecule has 3 rings (SSSR count). The number of ether oxygens (including phenoxy) is 1. The first-order chi connectivity index (χ1) is 10.3. The molecule has 4 heteroatoms. The second kappa shape index (κ2) is 6.70. The maximum atomic E-state index is 5.76. The molecular formula is C17H21N3O. The number of rotatable bonds is 7. The lowest BCUT2D eigenvalue weighted by atomic mass is 10.00. The molecule has 0 bridgehead atoms. The van der Waals surface area contributed by atoms with Crippen LogP contribution in [0.2, 0.25) is 0 Å². The Kier molecular flexibility index (Phi) is 4.48. The van der Waals surface area contributed by atoms with Crippen LogP contribution in [0.5, 0.6) is 5.75 Å². The van der Waals surface area contributed by atoms with Gasteiger partial charge in [0.25, 0.3) is 0 Å². The summed E-state index contributed by atoms with van der Waals surface area (Å²) in [6, 6.07) is 12.5. The maximum absolute atomic E-state index is 5.76. The molecule has 0 amide bonds. The summed E-state index contributed by atoms with van der Waals surface area (Å²) in [5.74, 6) is 6.65. The minimum Gasteiger partial charge on any atom is -0.490 e. The summed E-state index contributed by atoms with van der Waals surface area (Å²) in [5, 5.41) is 0. The summed E-state index contributed by atoms with van der Waals surface area (Å²) in [6.07, 6.45) is 8.36. The number of nitrogens with two attached hydrogens (primary N) is 1. The topological polar surface area (TPSA) is 60.2 Å². The molecule has 2 aromatic rings. The first-order valence-corrected chi connectivity index (χ1v) is 7.47. The molecule has 110 valence electrons. The smallest absolute Gasteiger partial charge is 0.119 e. The number of nitrogens with zero attached hydrogens (tertiary/aromatic N) is 1. The molecule has 1 saturated carbocycles. The molecule has 1 unspecified atom stereocenters. The number of hydrazine groups is 1. The van der Waals surface area contributed by atoms with Crippen molar-refractivity contribution in [3.63, 3.8) is 0 Å². The second-order valence-electron chi connectivity index (χ2n) is 5.50. The fraction of sp³-hybridized carbons (Fsp3) is 0.353. The Morgan fingerprint density at radius 1 is 1.14 bits per heavy atom. The minimum atomic E-state index is 0.146. The summed E-state index contributed by atoms with van der Waals surface area (Å²) in [5.41, 5.74) is 5.37. The maximum Gasteiger partial charge on any atom is 0.119 e. The van der Waals surface area contributed by atoms with Gasteiger partial charge in [-0.15, -0.1) is 0 Å². The molecule has 0 aliphatic heterocycles. The van der Waals surface area contributed by atoms with Crippen molar-refractivity contribution < 1.29 is 4.74 Å². The van der Waals surface area contributed by atoms with Gasteiger partial charge in [0.15, 0.2) is 0 Å². The Labute approximate surface area is 125 Å². The second-order valence-corrected chi connectivity index (χ2v) is 5.50. The van der Waals surface area contributed by atoms with E-state index in [0.29, 0.717) is 6.10 Å². The molecule has 0 saturated heterocycles. The first kappa shape index (κ1) is 14.0. The van der Waals surface area contributed by atoms with E-state index in [1.165, 1.54) is 24.0 Å². The molecular weight excluding hydrogens is 262 g/mol. The lowest BCUT2D eigenvalue weighted by Gasteiger charge is -2.17. The third-order valence-corrected chi connectivity index (χ3v) is 3.78. The van der Waals surface area contributed by atoms with Crippen LogP contribution in [0.25, 0.3) is 0 Å². The highest BCUT2D eigenvalue weighted by Gasteiger charge is 2.23. The number of benzene rings is 1. The molecule has 0 radical (unpaired) electrons. The van der Waals surface area contributed by atoms with Gasteiger partial charge in [0.05, 0.1) is 6.10 Å². The summed E-state index contributed by atoms with van der Waals surface area (Å²) >= 11 is 0. The van der Waals surface area contributed by atoms with Crippen molar-refractivity contribution in [2.45, 2.75) is 37.8 Å². The molecule has 1 atom stereocenters. The first-order valence-electron chi connectivity index (χ1n) is 7.47. The molecule has 1 aromatic carbocycles. The Morgan fingerprint density at radius 2 is 1.86 bits per heavy atom. The van der Waals surface area contributed by atoms with Crippen molar-refractivity contribution in [2.24, 2.45) is 5.84 Å². The molecule has 1 aliphatic rings. The molecule has 0 spiro atoms. The number of hydrogen-bond donors (Lipinski definition) is 2. The van der Waals surface area contributed by atoms with E-state index in [1.807, 2.05) is 36.7 Å². The van der Waals surface area contributed by atoms with Gasteiger partial charge < -0.3 is 4.74 Å². The Morgan fingerprint density at radius 3 is 2.48 bits per heavy atom. The highest BCUT2D eigenvalue weighted by Crippen LogP contribution is 2.28. The highest BCUT2D eigenvalue weighted by molar-refractivity contribution is 5.29. The van der Waals surface area contributed by atoms with Crippen molar-refractivity contribution in [2.75, 3.05) is 0 Å². The van der Waals surface area contributed by atoms with E-state index in [9.17, 15) is 0 Å². The average Bonchev–Trinajstić information content (AvgIpc) is 3.34. The van der Waals surface area contributed by atoms with Crippen LogP contribution in [0.1, 0.15) is 36.4 Å². The summed E-state index contributed by atoms with van der Waals surface area (Å²) in [7, 11) is 0. The lowest BCUT2D eigenvalue weighted by Crippen LogP contribution is -2.28. The van der Waals surface area contributed by atoms with Crippen molar-refractivity contribution >= 4 is 0 Å². The highest BCUT2D eigenvalue weighted by atomic mass is 16.5. The molecule has 21 heavy (non-hydrogen) atoms. The van der Waals surface area contributed by atoms with E-state index in [0.717, 1.165) is 18.6 Å². The van der Waals surface area contributed by atoms with Gasteiger partial charge in [-0.3, -0.25) is 16.3 Å². The number of aromatic nitrogens is 1. The van der Waals surface area contributed by atoms with Crippen molar-refractivity contribution in [1.29, 1.82) is 0 Å². The van der Waals surface area contributed by atoms with Gasteiger partial charge in [0, 0.05) is 18.4 Å². The van der Waals surface area contributed by atoms with Crippen LogP contribution in [0.15, 0.2) is 48.8 Å². The van der Waals surface area contributed by atoms with Crippen LogP contribution in [0, 0.1) is 0 Å².